The molecule has 0 saturated carbocycles. The van der Waals surface area contributed by atoms with Crippen molar-refractivity contribution in [1.82, 2.24) is 4.90 Å². The number of para-hydroxylation sites is 2. The van der Waals surface area contributed by atoms with Crippen molar-refractivity contribution in [2.45, 2.75) is 51.0 Å². The van der Waals surface area contributed by atoms with Crippen LogP contribution < -0.4 is 24.8 Å². The quantitative estimate of drug-likeness (QED) is 0.180. The number of ketones is 1. The third kappa shape index (κ3) is 12.2. The Morgan fingerprint density at radius 2 is 1.44 bits per heavy atom. The maximum atomic E-state index is 12.1. The molecule has 1 fully saturated rings. The lowest BCUT2D eigenvalue weighted by Crippen LogP contribution is -2.54. The predicted molar refractivity (Wildman–Crippen MR) is 142 cm³/mol. The number of carboxylic acids is 3. The topological polar surface area (TPSA) is 179 Å². The Kier molecular flexibility index (Phi) is 13.5. The Hall–Kier alpha value is -4.22. The lowest BCUT2D eigenvalue weighted by atomic mass is 9.96. The molecule has 2 aromatic carbocycles. The number of rotatable bonds is 14. The second kappa shape index (κ2) is 16.8. The molecular weight excluding hydrogens is 534 g/mol. The molecule has 0 unspecified atom stereocenters. The second-order valence-electron chi connectivity index (χ2n) is 9.55. The van der Waals surface area contributed by atoms with E-state index in [0.717, 1.165) is 18.5 Å². The minimum Gasteiger partial charge on any atom is -0.550 e. The van der Waals surface area contributed by atoms with Crippen LogP contribution in [0.15, 0.2) is 60.4 Å². The average Bonchev–Trinajstić information content (AvgIpc) is 2.92. The fourth-order valence-electron chi connectivity index (χ4n) is 4.01. The van der Waals surface area contributed by atoms with E-state index < -0.39 is 36.4 Å². The van der Waals surface area contributed by atoms with Gasteiger partial charge in [-0.25, -0.2) is 0 Å². The number of carbonyl (C=O) groups is 4. The molecule has 0 spiro atoms. The van der Waals surface area contributed by atoms with Gasteiger partial charge in [-0.15, -0.1) is 0 Å². The van der Waals surface area contributed by atoms with Crippen molar-refractivity contribution in [1.29, 1.82) is 0 Å². The Labute approximate surface area is 238 Å². The highest BCUT2D eigenvalue weighted by Gasteiger charge is 2.29. The summed E-state index contributed by atoms with van der Waals surface area (Å²) in [5, 5.41) is 38.9. The fraction of sp³-hybridized carbons (Fsp3) is 0.400. The fourth-order valence-corrected chi connectivity index (χ4v) is 4.01. The summed E-state index contributed by atoms with van der Waals surface area (Å²) in [6, 6.07) is 17.2. The van der Waals surface area contributed by atoms with E-state index in [4.69, 9.17) is 14.6 Å². The van der Waals surface area contributed by atoms with Crippen molar-refractivity contribution in [3.8, 4) is 11.5 Å². The van der Waals surface area contributed by atoms with E-state index in [-0.39, 0.29) is 5.78 Å². The molecule has 11 heteroatoms. The van der Waals surface area contributed by atoms with Gasteiger partial charge >= 0.3 is 0 Å². The first-order valence-electron chi connectivity index (χ1n) is 13.2. The maximum Gasteiger partial charge on any atom is 0.194 e. The summed E-state index contributed by atoms with van der Waals surface area (Å²) in [7, 11) is 0. The number of hydrogen-bond donors (Lipinski definition) is 1. The van der Waals surface area contributed by atoms with Crippen LogP contribution in [0, 0.1) is 0 Å². The number of likely N-dealkylation sites (tertiary alicyclic amines) is 1. The normalized spacial score (nSPS) is 13.9. The molecule has 0 bridgehead atoms. The van der Waals surface area contributed by atoms with Gasteiger partial charge in [0.25, 0.3) is 0 Å². The number of carbonyl (C=O) groups excluding carboxylic acids is 4. The van der Waals surface area contributed by atoms with Gasteiger partial charge in [-0.2, -0.15) is 0 Å². The van der Waals surface area contributed by atoms with E-state index in [9.17, 15) is 34.5 Å². The highest BCUT2D eigenvalue weighted by atomic mass is 16.5. The second-order valence-corrected chi connectivity index (χ2v) is 9.55. The lowest BCUT2D eigenvalue weighted by Gasteiger charge is -2.29. The number of nitrogens with zero attached hydrogens (tertiary/aromatic N) is 1. The summed E-state index contributed by atoms with van der Waals surface area (Å²) in [5.41, 5.74) is -2.05. The van der Waals surface area contributed by atoms with Crippen LogP contribution in [0.4, 0.5) is 0 Å². The van der Waals surface area contributed by atoms with Gasteiger partial charge in [0.2, 0.25) is 0 Å². The average molecular weight is 569 g/mol. The molecule has 0 radical (unpaired) electrons. The first-order valence-corrected chi connectivity index (χ1v) is 13.2. The van der Waals surface area contributed by atoms with E-state index in [2.05, 4.69) is 4.90 Å². The van der Waals surface area contributed by atoms with Gasteiger partial charge < -0.3 is 49.2 Å². The van der Waals surface area contributed by atoms with Crippen molar-refractivity contribution in [3.05, 3.63) is 65.9 Å². The molecule has 0 amide bonds. The largest absolute Gasteiger partial charge is 0.550 e. The molecule has 1 aliphatic heterocycles. The number of ether oxygens (including phenoxy) is 2. The number of hydrogen-bond acceptors (Lipinski definition) is 11. The van der Waals surface area contributed by atoms with Crippen LogP contribution in [0.1, 0.15) is 51.0 Å². The van der Waals surface area contributed by atoms with Crippen molar-refractivity contribution < 1.29 is 49.1 Å². The van der Waals surface area contributed by atoms with Crippen LogP contribution in [0.25, 0.3) is 6.08 Å². The number of Topliss-reactive ketones (excluding diaryl/α,β-unsaturated/α-hetero) is 1. The Morgan fingerprint density at radius 1 is 0.878 bits per heavy atom. The molecule has 0 aliphatic carbocycles. The molecule has 3 rings (SSSR count). The third-order valence-corrected chi connectivity index (χ3v) is 6.09. The lowest BCUT2D eigenvalue weighted by molar-refractivity contribution is -0.339. The number of benzene rings is 2. The Balaban J connectivity index is 0.000000383. The predicted octanol–water partition coefficient (Wildman–Crippen LogP) is -0.302. The minimum absolute atomic E-state index is 0.122. The van der Waals surface area contributed by atoms with Gasteiger partial charge in [-0.3, -0.25) is 4.79 Å². The number of allylic oxidation sites excluding steroid dienone is 1. The molecule has 41 heavy (non-hydrogen) atoms. The zero-order chi connectivity index (χ0) is 30.3. The van der Waals surface area contributed by atoms with Gasteiger partial charge in [0.15, 0.2) is 23.0 Å². The number of aliphatic carboxylic acids is 3. The molecule has 1 N–H and O–H groups in total. The smallest absolute Gasteiger partial charge is 0.194 e. The monoisotopic (exact) mass is 568 g/mol. The van der Waals surface area contributed by atoms with Crippen molar-refractivity contribution in [2.75, 3.05) is 26.2 Å². The minimum atomic E-state index is -2.97. The zero-order valence-electron chi connectivity index (χ0n) is 22.9. The summed E-state index contributed by atoms with van der Waals surface area (Å²) >= 11 is 0. The molecule has 2 aromatic rings. The summed E-state index contributed by atoms with van der Waals surface area (Å²) in [6.45, 7) is 5.61. The van der Waals surface area contributed by atoms with Crippen LogP contribution >= 0.6 is 0 Å². The van der Waals surface area contributed by atoms with Gasteiger partial charge in [0, 0.05) is 38.2 Å². The molecule has 1 heterocycles. The number of aliphatic hydroxyl groups is 1. The molecule has 222 valence electrons. The van der Waals surface area contributed by atoms with Crippen molar-refractivity contribution in [2.24, 2.45) is 0 Å². The first-order chi connectivity index (χ1) is 19.5. The summed E-state index contributed by atoms with van der Waals surface area (Å²) < 4.78 is 11.9. The van der Waals surface area contributed by atoms with E-state index in [1.165, 1.54) is 39.3 Å². The Bertz CT molecular complexity index is 1170. The van der Waals surface area contributed by atoms with Crippen molar-refractivity contribution >= 4 is 29.8 Å². The van der Waals surface area contributed by atoms with Crippen LogP contribution in [-0.2, 0) is 19.2 Å². The summed E-state index contributed by atoms with van der Waals surface area (Å²) in [6.07, 6.45) is 3.99. The molecule has 11 nitrogen and oxygen atoms in total. The number of piperidine rings is 1. The third-order valence-electron chi connectivity index (χ3n) is 6.09. The maximum absolute atomic E-state index is 12.1. The van der Waals surface area contributed by atoms with Crippen LogP contribution in [0.2, 0.25) is 0 Å². The van der Waals surface area contributed by atoms with Gasteiger partial charge in [-0.05, 0) is 56.1 Å². The summed E-state index contributed by atoms with van der Waals surface area (Å²) in [5.74, 6) is -4.57. The van der Waals surface area contributed by atoms with Gasteiger partial charge in [-0.1, -0.05) is 48.9 Å². The molecule has 0 atom stereocenters. The van der Waals surface area contributed by atoms with Crippen LogP contribution in [-0.4, -0.2) is 65.5 Å². The standard InChI is InChI=1S/C24H29NO3.C6H8O7/c1-20(26)24(19-21-11-4-2-5-12-21)28-23-14-7-6-13-22(23)27-18-10-17-25-15-8-3-9-16-25;7-3(8)1-6(13,5(11)12)2-4(9)10/h2,4-7,11-14,19H,3,8-10,15-18H2,1H3;13H,1-2H2,(H,7,8)(H,9,10)(H,11,12)/p-3/b24-19-;. The van der Waals surface area contributed by atoms with Gasteiger partial charge in [0.05, 0.1) is 12.6 Å². The number of carboxylic acid groups (broad SMARTS) is 3. The summed E-state index contributed by atoms with van der Waals surface area (Å²) in [4.78, 5) is 44.6. The van der Waals surface area contributed by atoms with Crippen molar-refractivity contribution in [3.63, 3.8) is 0 Å². The first kappa shape index (κ1) is 33.0. The SMILES string of the molecule is CC(=O)/C(=C/c1ccccc1)Oc1ccccc1OCCCN1CCCCC1.O=C([O-])CC(O)(CC(=O)[O-])C(=O)[O-]. The molecule has 1 aliphatic rings. The van der Waals surface area contributed by atoms with Crippen LogP contribution in [0.3, 0.4) is 0 Å². The molecule has 1 saturated heterocycles. The van der Waals surface area contributed by atoms with E-state index in [1.807, 2.05) is 54.6 Å². The highest BCUT2D eigenvalue weighted by Crippen LogP contribution is 2.29. The van der Waals surface area contributed by atoms with Gasteiger partial charge in [0.1, 0.15) is 5.60 Å². The van der Waals surface area contributed by atoms with Crippen LogP contribution in [0.5, 0.6) is 11.5 Å². The van der Waals surface area contributed by atoms with E-state index in [1.54, 1.807) is 6.08 Å². The molecule has 0 aromatic heterocycles. The zero-order valence-corrected chi connectivity index (χ0v) is 22.9. The Morgan fingerprint density at radius 3 is 1.98 bits per heavy atom. The van der Waals surface area contributed by atoms with E-state index in [0.29, 0.717) is 23.9 Å². The molecular formula is C30H34NO10-3. The highest BCUT2D eigenvalue weighted by molar-refractivity contribution is 5.96. The van der Waals surface area contributed by atoms with E-state index >= 15 is 0 Å².